The van der Waals surface area contributed by atoms with Crippen LogP contribution in [0.15, 0.2) is 42.5 Å². The third-order valence-corrected chi connectivity index (χ3v) is 4.68. The van der Waals surface area contributed by atoms with E-state index < -0.39 is 0 Å². The van der Waals surface area contributed by atoms with Crippen molar-refractivity contribution < 1.29 is 14.2 Å². The first-order valence-corrected chi connectivity index (χ1v) is 9.51. The highest BCUT2D eigenvalue weighted by atomic mass is 16.5. The van der Waals surface area contributed by atoms with Crippen LogP contribution < -0.4 is 14.8 Å². The molecule has 2 aromatic carbocycles. The minimum Gasteiger partial charge on any atom is -0.490 e. The van der Waals surface area contributed by atoms with Crippen LogP contribution in [0.1, 0.15) is 36.5 Å². The van der Waals surface area contributed by atoms with E-state index in [0.717, 1.165) is 37.6 Å². The summed E-state index contributed by atoms with van der Waals surface area (Å²) in [5.41, 5.74) is 3.62. The number of aryl methyl sites for hydroxylation is 1. The lowest BCUT2D eigenvalue weighted by Gasteiger charge is -2.15. The predicted octanol–water partition coefficient (Wildman–Crippen LogP) is 4.24. The summed E-state index contributed by atoms with van der Waals surface area (Å²) in [6, 6.07) is 14.5. The van der Waals surface area contributed by atoms with Crippen molar-refractivity contribution >= 4 is 0 Å². The smallest absolute Gasteiger partial charge is 0.161 e. The highest BCUT2D eigenvalue weighted by Gasteiger charge is 2.14. The molecule has 1 aliphatic rings. The van der Waals surface area contributed by atoms with Crippen LogP contribution in [-0.2, 0) is 17.9 Å². The molecule has 1 N–H and O–H groups in total. The van der Waals surface area contributed by atoms with E-state index in [1.54, 1.807) is 0 Å². The zero-order valence-electron chi connectivity index (χ0n) is 15.8. The number of ether oxygens (including phenoxy) is 3. The summed E-state index contributed by atoms with van der Waals surface area (Å²) in [5, 5.41) is 3.48. The number of nitrogens with one attached hydrogen (secondary N) is 1. The second-order valence-electron chi connectivity index (χ2n) is 6.70. The summed E-state index contributed by atoms with van der Waals surface area (Å²) < 4.78 is 17.5. The molecule has 0 unspecified atom stereocenters. The molecule has 0 spiro atoms. The highest BCUT2D eigenvalue weighted by Crippen LogP contribution is 2.29. The minimum atomic E-state index is 0.359. The van der Waals surface area contributed by atoms with E-state index in [4.69, 9.17) is 14.2 Å². The van der Waals surface area contributed by atoms with E-state index in [1.165, 1.54) is 23.1 Å². The van der Waals surface area contributed by atoms with E-state index >= 15 is 0 Å². The maximum absolute atomic E-state index is 6.03. The van der Waals surface area contributed by atoms with Crippen molar-refractivity contribution in [1.29, 1.82) is 0 Å². The Labute approximate surface area is 156 Å². The first-order chi connectivity index (χ1) is 12.8. The van der Waals surface area contributed by atoms with Crippen LogP contribution in [0.2, 0.25) is 0 Å². The molecule has 0 saturated carbocycles. The second-order valence-corrected chi connectivity index (χ2v) is 6.70. The lowest BCUT2D eigenvalue weighted by atomic mass is 10.1. The van der Waals surface area contributed by atoms with Gasteiger partial charge in [0.1, 0.15) is 6.61 Å². The van der Waals surface area contributed by atoms with Crippen LogP contribution in [0.25, 0.3) is 0 Å². The Morgan fingerprint density at radius 2 is 2.00 bits per heavy atom. The molecule has 1 aliphatic heterocycles. The van der Waals surface area contributed by atoms with Crippen LogP contribution in [0.3, 0.4) is 0 Å². The molecule has 140 valence electrons. The quantitative estimate of drug-likeness (QED) is 0.730. The van der Waals surface area contributed by atoms with Gasteiger partial charge in [-0.3, -0.25) is 0 Å². The number of hydrogen-bond acceptors (Lipinski definition) is 4. The topological polar surface area (TPSA) is 39.7 Å². The van der Waals surface area contributed by atoms with Gasteiger partial charge in [0.2, 0.25) is 0 Å². The van der Waals surface area contributed by atoms with Crippen LogP contribution in [0.4, 0.5) is 0 Å². The standard InChI is InChI=1S/C22H29NO3/c1-3-24-22-13-18(14-23-15-20-9-6-12-25-20)10-11-21(22)26-16-19-8-5-4-7-17(19)2/h4-5,7-8,10-11,13,20,23H,3,6,9,12,14-16H2,1-2H3/t20-/m1/s1. The van der Waals surface area contributed by atoms with Crippen LogP contribution in [-0.4, -0.2) is 25.9 Å². The Hall–Kier alpha value is -2.04. The molecule has 0 bridgehead atoms. The predicted molar refractivity (Wildman–Crippen MR) is 104 cm³/mol. The molecule has 4 nitrogen and oxygen atoms in total. The third-order valence-electron chi connectivity index (χ3n) is 4.68. The van der Waals surface area contributed by atoms with Gasteiger partial charge >= 0.3 is 0 Å². The molecule has 0 aliphatic carbocycles. The molecule has 1 atom stereocenters. The van der Waals surface area contributed by atoms with Gasteiger partial charge in [0.05, 0.1) is 12.7 Å². The SMILES string of the molecule is CCOc1cc(CNC[C@H]2CCCO2)ccc1OCc1ccccc1C. The maximum atomic E-state index is 6.03. The van der Waals surface area contributed by atoms with Gasteiger partial charge in [-0.25, -0.2) is 0 Å². The average Bonchev–Trinajstić information content (AvgIpc) is 3.16. The van der Waals surface area contributed by atoms with Crippen molar-refractivity contribution in [3.8, 4) is 11.5 Å². The monoisotopic (exact) mass is 355 g/mol. The fourth-order valence-corrected chi connectivity index (χ4v) is 3.16. The summed E-state index contributed by atoms with van der Waals surface area (Å²) in [6.07, 6.45) is 2.69. The maximum Gasteiger partial charge on any atom is 0.161 e. The van der Waals surface area contributed by atoms with Crippen molar-refractivity contribution in [1.82, 2.24) is 5.32 Å². The summed E-state index contributed by atoms with van der Waals surface area (Å²) in [7, 11) is 0. The van der Waals surface area contributed by atoms with Gasteiger partial charge in [-0.05, 0) is 55.5 Å². The van der Waals surface area contributed by atoms with Crippen LogP contribution in [0.5, 0.6) is 11.5 Å². The van der Waals surface area contributed by atoms with Crippen molar-refractivity contribution in [3.63, 3.8) is 0 Å². The van der Waals surface area contributed by atoms with E-state index in [1.807, 2.05) is 25.1 Å². The molecule has 26 heavy (non-hydrogen) atoms. The molecule has 3 rings (SSSR count). The van der Waals surface area contributed by atoms with Gasteiger partial charge < -0.3 is 19.5 Å². The average molecular weight is 355 g/mol. The first kappa shape index (κ1) is 18.7. The molecule has 0 amide bonds. The molecule has 0 radical (unpaired) electrons. The summed E-state index contributed by atoms with van der Waals surface area (Å²) in [4.78, 5) is 0. The summed E-state index contributed by atoms with van der Waals surface area (Å²) in [5.74, 6) is 1.59. The molecule has 2 aromatic rings. The third kappa shape index (κ3) is 5.23. The fraction of sp³-hybridized carbons (Fsp3) is 0.455. The van der Waals surface area contributed by atoms with Gasteiger partial charge in [-0.2, -0.15) is 0 Å². The van der Waals surface area contributed by atoms with Gasteiger partial charge in [0.15, 0.2) is 11.5 Å². The largest absolute Gasteiger partial charge is 0.490 e. The number of rotatable bonds is 9. The minimum absolute atomic E-state index is 0.359. The Morgan fingerprint density at radius 1 is 1.12 bits per heavy atom. The van der Waals surface area contributed by atoms with Crippen molar-refractivity contribution in [3.05, 3.63) is 59.2 Å². The zero-order valence-corrected chi connectivity index (χ0v) is 15.8. The van der Waals surface area contributed by atoms with E-state index in [9.17, 15) is 0 Å². The second kappa shape index (κ2) is 9.60. The van der Waals surface area contributed by atoms with Gasteiger partial charge in [0.25, 0.3) is 0 Å². The van der Waals surface area contributed by atoms with E-state index in [2.05, 4.69) is 36.5 Å². The van der Waals surface area contributed by atoms with E-state index in [-0.39, 0.29) is 0 Å². The Morgan fingerprint density at radius 3 is 2.77 bits per heavy atom. The lowest BCUT2D eigenvalue weighted by molar-refractivity contribution is 0.110. The molecule has 4 heteroatoms. The van der Waals surface area contributed by atoms with E-state index in [0.29, 0.717) is 19.3 Å². The Kier molecular flexibility index (Phi) is 6.92. The molecule has 1 fully saturated rings. The normalized spacial score (nSPS) is 16.6. The first-order valence-electron chi connectivity index (χ1n) is 9.51. The van der Waals surface area contributed by atoms with Crippen LogP contribution in [0, 0.1) is 6.92 Å². The fourth-order valence-electron chi connectivity index (χ4n) is 3.16. The van der Waals surface area contributed by atoms with Crippen molar-refractivity contribution in [2.24, 2.45) is 0 Å². The highest BCUT2D eigenvalue weighted by molar-refractivity contribution is 5.43. The molecule has 1 heterocycles. The molecule has 0 aromatic heterocycles. The summed E-state index contributed by atoms with van der Waals surface area (Å²) >= 11 is 0. The van der Waals surface area contributed by atoms with Gasteiger partial charge in [0, 0.05) is 19.7 Å². The van der Waals surface area contributed by atoms with Gasteiger partial charge in [-0.15, -0.1) is 0 Å². The lowest BCUT2D eigenvalue weighted by Crippen LogP contribution is -2.25. The summed E-state index contributed by atoms with van der Waals surface area (Å²) in [6.45, 7) is 7.86. The van der Waals surface area contributed by atoms with Crippen molar-refractivity contribution in [2.75, 3.05) is 19.8 Å². The zero-order chi connectivity index (χ0) is 18.2. The Balaban J connectivity index is 1.59. The molecular formula is C22H29NO3. The van der Waals surface area contributed by atoms with Crippen molar-refractivity contribution in [2.45, 2.75) is 45.9 Å². The molecule has 1 saturated heterocycles. The van der Waals surface area contributed by atoms with Gasteiger partial charge in [-0.1, -0.05) is 30.3 Å². The number of hydrogen-bond donors (Lipinski definition) is 1. The number of benzene rings is 2. The van der Waals surface area contributed by atoms with Crippen LogP contribution >= 0.6 is 0 Å². The Bertz CT molecular complexity index is 696. The molecular weight excluding hydrogens is 326 g/mol.